The zero-order chi connectivity index (χ0) is 16.3. The van der Waals surface area contributed by atoms with E-state index in [-0.39, 0.29) is 5.91 Å². The molecule has 3 rings (SSSR count). The third-order valence-corrected chi connectivity index (χ3v) is 4.52. The molecule has 0 saturated heterocycles. The van der Waals surface area contributed by atoms with Gasteiger partial charge in [-0.3, -0.25) is 4.79 Å². The van der Waals surface area contributed by atoms with Crippen molar-refractivity contribution in [1.29, 1.82) is 0 Å². The van der Waals surface area contributed by atoms with Crippen LogP contribution in [0.1, 0.15) is 33.5 Å². The molecule has 120 valence electrons. The van der Waals surface area contributed by atoms with Crippen molar-refractivity contribution in [2.45, 2.75) is 25.0 Å². The number of carbonyl (C=O) groups is 1. The molecule has 0 aromatic heterocycles. The van der Waals surface area contributed by atoms with E-state index in [1.807, 2.05) is 42.5 Å². The highest BCUT2D eigenvalue weighted by molar-refractivity contribution is 5.93. The fourth-order valence-electron chi connectivity index (χ4n) is 3.18. The monoisotopic (exact) mass is 310 g/mol. The zero-order valence-corrected chi connectivity index (χ0v) is 13.3. The Morgan fingerprint density at radius 2 is 1.91 bits per heavy atom. The lowest BCUT2D eigenvalue weighted by atomic mass is 9.96. The van der Waals surface area contributed by atoms with Crippen LogP contribution in [0.5, 0.6) is 0 Å². The van der Waals surface area contributed by atoms with E-state index < -0.39 is 5.60 Å². The first kappa shape index (κ1) is 15.7. The van der Waals surface area contributed by atoms with Gasteiger partial charge in [-0.15, -0.1) is 0 Å². The van der Waals surface area contributed by atoms with Crippen molar-refractivity contribution in [3.05, 3.63) is 70.8 Å². The molecule has 0 aliphatic heterocycles. The van der Waals surface area contributed by atoms with Crippen LogP contribution in [-0.4, -0.2) is 24.6 Å². The Morgan fingerprint density at radius 1 is 1.17 bits per heavy atom. The molecule has 0 saturated carbocycles. The van der Waals surface area contributed by atoms with Gasteiger partial charge in [0.1, 0.15) is 5.60 Å². The Hall–Kier alpha value is -2.17. The molecule has 4 nitrogen and oxygen atoms in total. The van der Waals surface area contributed by atoms with Crippen molar-refractivity contribution in [2.24, 2.45) is 0 Å². The first-order chi connectivity index (χ1) is 11.1. The van der Waals surface area contributed by atoms with Crippen LogP contribution in [0.4, 0.5) is 0 Å². The van der Waals surface area contributed by atoms with E-state index in [2.05, 4.69) is 16.7 Å². The Kier molecular flexibility index (Phi) is 4.46. The number of hydrogen-bond donors (Lipinski definition) is 3. The molecule has 1 aliphatic rings. The minimum atomic E-state index is -0.779. The lowest BCUT2D eigenvalue weighted by Crippen LogP contribution is -2.36. The third kappa shape index (κ3) is 3.28. The standard InChI is InChI=1S/C19H22N2O2/c1-20-18(22)16-8-6-14(7-9-16)12-21-13-19(23)11-10-15-4-2-3-5-17(15)19/h2-9,21,23H,10-13H2,1H3,(H,20,22). The highest BCUT2D eigenvalue weighted by atomic mass is 16.3. The Labute approximate surface area is 136 Å². The van der Waals surface area contributed by atoms with Gasteiger partial charge in [-0.1, -0.05) is 36.4 Å². The summed E-state index contributed by atoms with van der Waals surface area (Å²) in [4.78, 5) is 11.5. The molecule has 4 heteroatoms. The summed E-state index contributed by atoms with van der Waals surface area (Å²) in [5.74, 6) is -0.0821. The fourth-order valence-corrected chi connectivity index (χ4v) is 3.18. The van der Waals surface area contributed by atoms with Gasteiger partial charge in [0.15, 0.2) is 0 Å². The molecule has 2 aromatic rings. The van der Waals surface area contributed by atoms with Gasteiger partial charge >= 0.3 is 0 Å². The molecule has 1 atom stereocenters. The minimum absolute atomic E-state index is 0.0821. The molecule has 1 unspecified atom stereocenters. The molecule has 0 bridgehead atoms. The van der Waals surface area contributed by atoms with E-state index in [9.17, 15) is 9.90 Å². The molecule has 2 aromatic carbocycles. The quantitative estimate of drug-likeness (QED) is 0.791. The first-order valence-electron chi connectivity index (χ1n) is 7.95. The van der Waals surface area contributed by atoms with Gasteiger partial charge in [-0.05, 0) is 41.7 Å². The summed E-state index contributed by atoms with van der Waals surface area (Å²) in [5, 5.41) is 16.8. The summed E-state index contributed by atoms with van der Waals surface area (Å²) in [6, 6.07) is 15.6. The van der Waals surface area contributed by atoms with Crippen molar-refractivity contribution in [3.63, 3.8) is 0 Å². The van der Waals surface area contributed by atoms with Crippen molar-refractivity contribution < 1.29 is 9.90 Å². The van der Waals surface area contributed by atoms with Gasteiger partial charge in [-0.25, -0.2) is 0 Å². The SMILES string of the molecule is CNC(=O)c1ccc(CNCC2(O)CCc3ccccc32)cc1. The van der Waals surface area contributed by atoms with E-state index in [0.29, 0.717) is 18.7 Å². The number of hydrogen-bond acceptors (Lipinski definition) is 3. The highest BCUT2D eigenvalue weighted by Gasteiger charge is 2.35. The summed E-state index contributed by atoms with van der Waals surface area (Å²) >= 11 is 0. The highest BCUT2D eigenvalue weighted by Crippen LogP contribution is 2.36. The van der Waals surface area contributed by atoms with Gasteiger partial charge in [0.25, 0.3) is 5.91 Å². The van der Waals surface area contributed by atoms with Gasteiger partial charge in [-0.2, -0.15) is 0 Å². The first-order valence-corrected chi connectivity index (χ1v) is 7.95. The Bertz CT molecular complexity index is 697. The molecular weight excluding hydrogens is 288 g/mol. The summed E-state index contributed by atoms with van der Waals surface area (Å²) in [6.07, 6.45) is 1.68. The van der Waals surface area contributed by atoms with E-state index in [0.717, 1.165) is 24.0 Å². The molecule has 1 amide bonds. The van der Waals surface area contributed by atoms with Crippen LogP contribution in [0.2, 0.25) is 0 Å². The molecule has 0 fully saturated rings. The summed E-state index contributed by atoms with van der Waals surface area (Å²) in [7, 11) is 1.62. The third-order valence-electron chi connectivity index (χ3n) is 4.52. The van der Waals surface area contributed by atoms with Crippen molar-refractivity contribution in [1.82, 2.24) is 10.6 Å². The normalized spacial score (nSPS) is 19.4. The Morgan fingerprint density at radius 3 is 2.65 bits per heavy atom. The van der Waals surface area contributed by atoms with Crippen LogP contribution in [-0.2, 0) is 18.6 Å². The number of benzene rings is 2. The van der Waals surface area contributed by atoms with Crippen LogP contribution in [0.25, 0.3) is 0 Å². The van der Waals surface area contributed by atoms with Crippen LogP contribution in [0.15, 0.2) is 48.5 Å². The van der Waals surface area contributed by atoms with Crippen molar-refractivity contribution in [3.8, 4) is 0 Å². The van der Waals surface area contributed by atoms with E-state index in [4.69, 9.17) is 0 Å². The van der Waals surface area contributed by atoms with Crippen molar-refractivity contribution in [2.75, 3.05) is 13.6 Å². The summed E-state index contributed by atoms with van der Waals surface area (Å²) < 4.78 is 0. The molecular formula is C19H22N2O2. The average molecular weight is 310 g/mol. The number of amides is 1. The smallest absolute Gasteiger partial charge is 0.251 e. The van der Waals surface area contributed by atoms with Crippen molar-refractivity contribution >= 4 is 5.91 Å². The molecule has 3 N–H and O–H groups in total. The van der Waals surface area contributed by atoms with Crippen LogP contribution < -0.4 is 10.6 Å². The van der Waals surface area contributed by atoms with Gasteiger partial charge in [0, 0.05) is 25.7 Å². The largest absolute Gasteiger partial charge is 0.384 e. The maximum Gasteiger partial charge on any atom is 0.251 e. The maximum absolute atomic E-state index is 11.5. The number of fused-ring (bicyclic) bond motifs is 1. The molecule has 0 radical (unpaired) electrons. The number of carbonyl (C=O) groups excluding carboxylic acids is 1. The molecule has 0 spiro atoms. The maximum atomic E-state index is 11.5. The van der Waals surface area contributed by atoms with Gasteiger partial charge in [0.2, 0.25) is 0 Å². The van der Waals surface area contributed by atoms with Crippen LogP contribution >= 0.6 is 0 Å². The molecule has 23 heavy (non-hydrogen) atoms. The number of aryl methyl sites for hydroxylation is 1. The predicted molar refractivity (Wildman–Crippen MR) is 90.2 cm³/mol. The number of nitrogens with one attached hydrogen (secondary N) is 2. The minimum Gasteiger partial charge on any atom is -0.384 e. The van der Waals surface area contributed by atoms with Crippen LogP contribution in [0, 0.1) is 0 Å². The second-order valence-corrected chi connectivity index (χ2v) is 6.07. The second-order valence-electron chi connectivity index (χ2n) is 6.07. The lowest BCUT2D eigenvalue weighted by molar-refractivity contribution is 0.0384. The topological polar surface area (TPSA) is 61.4 Å². The van der Waals surface area contributed by atoms with E-state index >= 15 is 0 Å². The van der Waals surface area contributed by atoms with E-state index in [1.54, 1.807) is 7.05 Å². The van der Waals surface area contributed by atoms with Gasteiger partial charge < -0.3 is 15.7 Å². The van der Waals surface area contributed by atoms with Gasteiger partial charge in [0.05, 0.1) is 0 Å². The zero-order valence-electron chi connectivity index (χ0n) is 13.3. The van der Waals surface area contributed by atoms with Crippen LogP contribution in [0.3, 0.4) is 0 Å². The number of aliphatic hydroxyl groups is 1. The number of rotatable bonds is 5. The average Bonchev–Trinajstić information content (AvgIpc) is 2.93. The van der Waals surface area contributed by atoms with E-state index in [1.165, 1.54) is 5.56 Å². The lowest BCUT2D eigenvalue weighted by Gasteiger charge is -2.24. The molecule has 1 aliphatic carbocycles. The second kappa shape index (κ2) is 6.52. The summed E-state index contributed by atoms with van der Waals surface area (Å²) in [5.41, 5.74) is 3.25. The fraction of sp³-hybridized carbons (Fsp3) is 0.316. The predicted octanol–water partition coefficient (Wildman–Crippen LogP) is 1.97. The molecule has 0 heterocycles. The summed E-state index contributed by atoms with van der Waals surface area (Å²) in [6.45, 7) is 1.19. The Balaban J connectivity index is 1.59.